The number of aryl methyl sites for hydroxylation is 2. The van der Waals surface area contributed by atoms with E-state index < -0.39 is 5.54 Å². The molecule has 4 rings (SSSR count). The van der Waals surface area contributed by atoms with Crippen LogP contribution in [0.2, 0.25) is 0 Å². The fourth-order valence-electron chi connectivity index (χ4n) is 3.39. The van der Waals surface area contributed by atoms with Gasteiger partial charge in [0, 0.05) is 13.0 Å². The Bertz CT molecular complexity index is 868. The summed E-state index contributed by atoms with van der Waals surface area (Å²) in [5.41, 5.74) is 10.3. The molecule has 0 bridgehead atoms. The number of nitrogens with zero attached hydrogens (tertiary/aromatic N) is 2. The predicted molar refractivity (Wildman–Crippen MR) is 85.1 cm³/mol. The average Bonchev–Trinajstić information content (AvgIpc) is 2.84. The first-order valence-electron chi connectivity index (χ1n) is 7.56. The first-order chi connectivity index (χ1) is 10.5. The minimum atomic E-state index is -0.548. The van der Waals surface area contributed by atoms with E-state index in [0.717, 1.165) is 35.3 Å². The van der Waals surface area contributed by atoms with Crippen LogP contribution in [0.3, 0.4) is 0 Å². The predicted octanol–water partition coefficient (Wildman–Crippen LogP) is 3.28. The molecule has 112 valence electrons. The van der Waals surface area contributed by atoms with Crippen molar-refractivity contribution in [1.29, 1.82) is 0 Å². The summed E-state index contributed by atoms with van der Waals surface area (Å²) in [5, 5.41) is 0. The van der Waals surface area contributed by atoms with E-state index >= 15 is 0 Å². The van der Waals surface area contributed by atoms with Crippen LogP contribution >= 0.6 is 0 Å². The second kappa shape index (κ2) is 4.65. The van der Waals surface area contributed by atoms with Crippen LogP contribution < -0.4 is 5.73 Å². The Labute approximate surface area is 128 Å². The lowest BCUT2D eigenvalue weighted by atomic mass is 9.84. The summed E-state index contributed by atoms with van der Waals surface area (Å²) in [6, 6.07) is 12.9. The van der Waals surface area contributed by atoms with Gasteiger partial charge in [0.15, 0.2) is 0 Å². The Hall–Kier alpha value is -2.20. The highest BCUT2D eigenvalue weighted by molar-refractivity contribution is 5.77. The van der Waals surface area contributed by atoms with Gasteiger partial charge in [0.25, 0.3) is 0 Å². The van der Waals surface area contributed by atoms with Crippen molar-refractivity contribution in [3.8, 4) is 0 Å². The number of hydrogen-bond donors (Lipinski definition) is 1. The van der Waals surface area contributed by atoms with Crippen molar-refractivity contribution in [1.82, 2.24) is 9.55 Å². The molecule has 1 atom stereocenters. The normalized spacial score (nSPS) is 21.0. The molecule has 3 aromatic rings. The van der Waals surface area contributed by atoms with Crippen LogP contribution in [0.5, 0.6) is 0 Å². The maximum atomic E-state index is 13.6. The van der Waals surface area contributed by atoms with E-state index in [1.54, 1.807) is 12.1 Å². The van der Waals surface area contributed by atoms with Gasteiger partial charge in [-0.05, 0) is 48.7 Å². The highest BCUT2D eigenvalue weighted by Gasteiger charge is 2.34. The van der Waals surface area contributed by atoms with Crippen molar-refractivity contribution < 1.29 is 4.39 Å². The van der Waals surface area contributed by atoms with Crippen LogP contribution in [-0.4, -0.2) is 9.55 Å². The number of hydrogen-bond acceptors (Lipinski definition) is 2. The zero-order valence-electron chi connectivity index (χ0n) is 12.5. The Morgan fingerprint density at radius 3 is 2.91 bits per heavy atom. The molecule has 3 nitrogen and oxygen atoms in total. The number of imidazole rings is 1. The molecule has 0 aliphatic carbocycles. The molecule has 1 aliphatic heterocycles. The minimum absolute atomic E-state index is 0.237. The van der Waals surface area contributed by atoms with E-state index in [1.807, 2.05) is 6.07 Å². The molecule has 0 spiro atoms. The molecule has 0 radical (unpaired) electrons. The van der Waals surface area contributed by atoms with Gasteiger partial charge in [0.05, 0.1) is 16.6 Å². The number of benzene rings is 2. The van der Waals surface area contributed by atoms with Gasteiger partial charge in [-0.1, -0.05) is 18.2 Å². The molecule has 0 saturated heterocycles. The molecular formula is C18H18FN3. The second-order valence-corrected chi connectivity index (χ2v) is 6.27. The van der Waals surface area contributed by atoms with E-state index in [9.17, 15) is 4.39 Å². The molecule has 0 saturated carbocycles. The molecule has 1 unspecified atom stereocenters. The van der Waals surface area contributed by atoms with Crippen LogP contribution in [0.15, 0.2) is 42.5 Å². The van der Waals surface area contributed by atoms with Crippen molar-refractivity contribution in [2.75, 3.05) is 0 Å². The summed E-state index contributed by atoms with van der Waals surface area (Å²) in [6.07, 6.45) is 1.58. The van der Waals surface area contributed by atoms with E-state index in [4.69, 9.17) is 10.7 Å². The summed E-state index contributed by atoms with van der Waals surface area (Å²) in [4.78, 5) is 4.72. The zero-order valence-corrected chi connectivity index (χ0v) is 12.5. The highest BCUT2D eigenvalue weighted by atomic mass is 19.1. The monoisotopic (exact) mass is 295 g/mol. The van der Waals surface area contributed by atoms with Crippen LogP contribution in [0, 0.1) is 12.7 Å². The van der Waals surface area contributed by atoms with Crippen molar-refractivity contribution >= 4 is 11.0 Å². The smallest absolute Gasteiger partial charge is 0.123 e. The fraction of sp³-hybridized carbons (Fsp3) is 0.278. The maximum absolute atomic E-state index is 13.6. The first-order valence-corrected chi connectivity index (χ1v) is 7.56. The number of fused-ring (bicyclic) bond motifs is 3. The van der Waals surface area contributed by atoms with Gasteiger partial charge in [-0.15, -0.1) is 0 Å². The molecule has 22 heavy (non-hydrogen) atoms. The maximum Gasteiger partial charge on any atom is 0.123 e. The number of aromatic nitrogens is 2. The fourth-order valence-corrected chi connectivity index (χ4v) is 3.39. The van der Waals surface area contributed by atoms with Crippen LogP contribution in [0.4, 0.5) is 4.39 Å². The van der Waals surface area contributed by atoms with Gasteiger partial charge in [-0.3, -0.25) is 0 Å². The van der Waals surface area contributed by atoms with Gasteiger partial charge < -0.3 is 10.3 Å². The topological polar surface area (TPSA) is 43.8 Å². The van der Waals surface area contributed by atoms with Gasteiger partial charge >= 0.3 is 0 Å². The SMILES string of the molecule is Cc1ccc2c(c1)nc1n2CC(N)(c2cccc(F)c2)CC1. The van der Waals surface area contributed by atoms with Crippen molar-refractivity contribution in [2.45, 2.75) is 31.8 Å². The molecule has 1 aliphatic rings. The average molecular weight is 295 g/mol. The summed E-state index contributed by atoms with van der Waals surface area (Å²) < 4.78 is 15.7. The van der Waals surface area contributed by atoms with E-state index in [0.29, 0.717) is 6.54 Å². The molecule has 2 heterocycles. The largest absolute Gasteiger partial charge is 0.326 e. The Morgan fingerprint density at radius 1 is 1.23 bits per heavy atom. The summed E-state index contributed by atoms with van der Waals surface area (Å²) in [6.45, 7) is 2.70. The van der Waals surface area contributed by atoms with Crippen LogP contribution in [-0.2, 0) is 18.5 Å². The number of halogens is 1. The zero-order chi connectivity index (χ0) is 15.3. The van der Waals surface area contributed by atoms with Crippen molar-refractivity contribution in [2.24, 2.45) is 5.73 Å². The van der Waals surface area contributed by atoms with Crippen molar-refractivity contribution in [3.63, 3.8) is 0 Å². The van der Waals surface area contributed by atoms with Gasteiger partial charge in [0.1, 0.15) is 11.6 Å². The Kier molecular flexibility index (Phi) is 2.84. The third-order valence-corrected chi connectivity index (χ3v) is 4.62. The number of nitrogens with two attached hydrogens (primary N) is 1. The van der Waals surface area contributed by atoms with Gasteiger partial charge in [-0.2, -0.15) is 0 Å². The molecule has 0 fully saturated rings. The lowest BCUT2D eigenvalue weighted by Gasteiger charge is -2.35. The standard InChI is InChI=1S/C18H18FN3/c1-12-5-6-16-15(9-12)21-17-7-8-18(20,11-22(16)17)13-3-2-4-14(19)10-13/h2-6,9-10H,7-8,11,20H2,1H3. The quantitative estimate of drug-likeness (QED) is 0.748. The van der Waals surface area contributed by atoms with Gasteiger partial charge in [0.2, 0.25) is 0 Å². The summed E-state index contributed by atoms with van der Waals surface area (Å²) in [7, 11) is 0. The van der Waals surface area contributed by atoms with E-state index in [-0.39, 0.29) is 5.82 Å². The Morgan fingerprint density at radius 2 is 2.09 bits per heavy atom. The lowest BCUT2D eigenvalue weighted by molar-refractivity contribution is 0.310. The summed E-state index contributed by atoms with van der Waals surface area (Å²) in [5.74, 6) is 0.831. The van der Waals surface area contributed by atoms with E-state index in [2.05, 4.69) is 29.7 Å². The van der Waals surface area contributed by atoms with Gasteiger partial charge in [-0.25, -0.2) is 9.37 Å². The highest BCUT2D eigenvalue weighted by Crippen LogP contribution is 2.33. The third-order valence-electron chi connectivity index (χ3n) is 4.62. The first kappa shape index (κ1) is 13.5. The molecule has 1 aromatic heterocycles. The summed E-state index contributed by atoms with van der Waals surface area (Å²) >= 11 is 0. The third kappa shape index (κ3) is 2.03. The van der Waals surface area contributed by atoms with Crippen LogP contribution in [0.25, 0.3) is 11.0 Å². The number of rotatable bonds is 1. The Balaban J connectivity index is 1.81. The van der Waals surface area contributed by atoms with Crippen LogP contribution in [0.1, 0.15) is 23.4 Å². The molecule has 2 N–H and O–H groups in total. The molecule has 0 amide bonds. The van der Waals surface area contributed by atoms with E-state index in [1.165, 1.54) is 11.6 Å². The van der Waals surface area contributed by atoms with Crippen molar-refractivity contribution in [3.05, 3.63) is 65.2 Å². The molecule has 4 heteroatoms. The lowest BCUT2D eigenvalue weighted by Crippen LogP contribution is -2.44. The second-order valence-electron chi connectivity index (χ2n) is 6.27. The minimum Gasteiger partial charge on any atom is -0.326 e. The molecular weight excluding hydrogens is 277 g/mol. The molecule has 2 aromatic carbocycles.